The number of nitrogens with one attached hydrogen (secondary N) is 1. The summed E-state index contributed by atoms with van der Waals surface area (Å²) in [5, 5.41) is 2.84. The maximum Gasteiger partial charge on any atom is 0.350 e. The second-order valence-corrected chi connectivity index (χ2v) is 7.28. The number of hydrogen-bond donors (Lipinski definition) is 1. The van der Waals surface area contributed by atoms with E-state index >= 15 is 0 Å². The van der Waals surface area contributed by atoms with Gasteiger partial charge in [-0.05, 0) is 46.6 Å². The van der Waals surface area contributed by atoms with E-state index in [0.717, 1.165) is 10.4 Å². The molecule has 3 rings (SSSR count). The number of anilines is 1. The SMILES string of the molecule is CCOC(=O)c1sc(-c2ccccc2)cc1NC(=O)c1ccccc1Br. The Hall–Kier alpha value is -2.44. The predicted molar refractivity (Wildman–Crippen MR) is 108 cm³/mol. The minimum Gasteiger partial charge on any atom is -0.462 e. The summed E-state index contributed by atoms with van der Waals surface area (Å²) in [6.07, 6.45) is 0. The van der Waals surface area contributed by atoms with Gasteiger partial charge in [-0.2, -0.15) is 0 Å². The zero-order chi connectivity index (χ0) is 18.5. The summed E-state index contributed by atoms with van der Waals surface area (Å²) in [6, 6.07) is 18.6. The average molecular weight is 430 g/mol. The molecule has 1 heterocycles. The van der Waals surface area contributed by atoms with Crippen LogP contribution in [0.4, 0.5) is 5.69 Å². The lowest BCUT2D eigenvalue weighted by Gasteiger charge is -2.07. The van der Waals surface area contributed by atoms with Crippen LogP contribution in [0.2, 0.25) is 0 Å². The van der Waals surface area contributed by atoms with Crippen molar-refractivity contribution in [3.8, 4) is 10.4 Å². The molecule has 2 aromatic carbocycles. The van der Waals surface area contributed by atoms with Crippen LogP contribution in [0.3, 0.4) is 0 Å². The molecular weight excluding hydrogens is 414 g/mol. The summed E-state index contributed by atoms with van der Waals surface area (Å²) in [4.78, 5) is 26.2. The topological polar surface area (TPSA) is 55.4 Å². The molecule has 0 spiro atoms. The summed E-state index contributed by atoms with van der Waals surface area (Å²) in [7, 11) is 0. The van der Waals surface area contributed by atoms with Crippen molar-refractivity contribution in [3.63, 3.8) is 0 Å². The number of rotatable bonds is 5. The number of halogens is 1. The lowest BCUT2D eigenvalue weighted by molar-refractivity contribution is 0.0533. The van der Waals surface area contributed by atoms with Crippen molar-refractivity contribution < 1.29 is 14.3 Å². The van der Waals surface area contributed by atoms with Crippen LogP contribution in [0.1, 0.15) is 27.0 Å². The summed E-state index contributed by atoms with van der Waals surface area (Å²) in [5.74, 6) is -0.734. The van der Waals surface area contributed by atoms with E-state index in [1.165, 1.54) is 11.3 Å². The van der Waals surface area contributed by atoms with Gasteiger partial charge < -0.3 is 10.1 Å². The van der Waals surface area contributed by atoms with Crippen molar-refractivity contribution in [1.82, 2.24) is 0 Å². The molecule has 0 radical (unpaired) electrons. The van der Waals surface area contributed by atoms with Gasteiger partial charge in [0, 0.05) is 9.35 Å². The van der Waals surface area contributed by atoms with E-state index in [9.17, 15) is 9.59 Å². The first-order valence-corrected chi connectivity index (χ1v) is 9.63. The Morgan fingerprint density at radius 3 is 2.46 bits per heavy atom. The van der Waals surface area contributed by atoms with E-state index in [2.05, 4.69) is 21.2 Å². The molecule has 0 aliphatic carbocycles. The van der Waals surface area contributed by atoms with Crippen LogP contribution in [-0.4, -0.2) is 18.5 Å². The Morgan fingerprint density at radius 2 is 1.77 bits per heavy atom. The number of carbonyl (C=O) groups excluding carboxylic acids is 2. The number of carbonyl (C=O) groups is 2. The predicted octanol–water partition coefficient (Wildman–Crippen LogP) is 5.61. The molecule has 1 amide bonds. The van der Waals surface area contributed by atoms with E-state index < -0.39 is 5.97 Å². The largest absolute Gasteiger partial charge is 0.462 e. The smallest absolute Gasteiger partial charge is 0.350 e. The lowest BCUT2D eigenvalue weighted by atomic mass is 10.2. The molecule has 26 heavy (non-hydrogen) atoms. The molecule has 0 unspecified atom stereocenters. The monoisotopic (exact) mass is 429 g/mol. The van der Waals surface area contributed by atoms with Crippen LogP contribution >= 0.6 is 27.3 Å². The first-order chi connectivity index (χ1) is 12.6. The highest BCUT2D eigenvalue weighted by atomic mass is 79.9. The van der Waals surface area contributed by atoms with Gasteiger partial charge in [0.15, 0.2) is 0 Å². The van der Waals surface area contributed by atoms with Crippen LogP contribution in [0.25, 0.3) is 10.4 Å². The first kappa shape index (κ1) is 18.4. The molecule has 0 bridgehead atoms. The fourth-order valence-corrected chi connectivity index (χ4v) is 3.89. The van der Waals surface area contributed by atoms with E-state index in [4.69, 9.17) is 4.74 Å². The Morgan fingerprint density at radius 1 is 1.08 bits per heavy atom. The van der Waals surface area contributed by atoms with Gasteiger partial charge in [-0.3, -0.25) is 4.79 Å². The molecule has 1 N–H and O–H groups in total. The number of benzene rings is 2. The molecule has 6 heteroatoms. The Labute approximate surface area is 163 Å². The highest BCUT2D eigenvalue weighted by Gasteiger charge is 2.21. The summed E-state index contributed by atoms with van der Waals surface area (Å²) in [6.45, 7) is 2.03. The third-order valence-corrected chi connectivity index (χ3v) is 5.47. The number of hydrogen-bond acceptors (Lipinski definition) is 4. The third kappa shape index (κ3) is 4.03. The molecule has 0 aliphatic rings. The fourth-order valence-electron chi connectivity index (χ4n) is 2.41. The van der Waals surface area contributed by atoms with Crippen molar-refractivity contribution >= 4 is 44.8 Å². The molecule has 0 aliphatic heterocycles. The molecule has 132 valence electrons. The summed E-state index contributed by atoms with van der Waals surface area (Å²) >= 11 is 4.68. The highest BCUT2D eigenvalue weighted by molar-refractivity contribution is 9.10. The second-order valence-electron chi connectivity index (χ2n) is 5.37. The van der Waals surface area contributed by atoms with Crippen LogP contribution in [-0.2, 0) is 4.74 Å². The highest BCUT2D eigenvalue weighted by Crippen LogP contribution is 2.35. The van der Waals surface area contributed by atoms with Crippen molar-refractivity contribution in [2.24, 2.45) is 0 Å². The molecule has 0 atom stereocenters. The van der Waals surface area contributed by atoms with Crippen LogP contribution in [0.15, 0.2) is 65.1 Å². The molecular formula is C20H16BrNO3S. The van der Waals surface area contributed by atoms with E-state index in [1.54, 1.807) is 31.2 Å². The zero-order valence-electron chi connectivity index (χ0n) is 14.0. The normalized spacial score (nSPS) is 10.4. The number of ether oxygens (including phenoxy) is 1. The standard InChI is InChI=1S/C20H16BrNO3S/c1-2-25-20(24)18-16(12-17(26-18)13-8-4-3-5-9-13)22-19(23)14-10-6-7-11-15(14)21/h3-12H,2H2,1H3,(H,22,23). The molecule has 0 fully saturated rings. The van der Waals surface area contributed by atoms with E-state index in [1.807, 2.05) is 36.4 Å². The van der Waals surface area contributed by atoms with Gasteiger partial charge in [0.25, 0.3) is 5.91 Å². The maximum atomic E-state index is 12.6. The van der Waals surface area contributed by atoms with Gasteiger partial charge in [-0.1, -0.05) is 42.5 Å². The van der Waals surface area contributed by atoms with Crippen LogP contribution in [0, 0.1) is 0 Å². The van der Waals surface area contributed by atoms with Crippen LogP contribution in [0.5, 0.6) is 0 Å². The zero-order valence-corrected chi connectivity index (χ0v) is 16.4. The minimum atomic E-state index is -0.442. The van der Waals surface area contributed by atoms with Crippen molar-refractivity contribution in [3.05, 3.63) is 75.6 Å². The molecule has 1 aromatic heterocycles. The Bertz CT molecular complexity index is 937. The van der Waals surface area contributed by atoms with E-state index in [0.29, 0.717) is 20.6 Å². The lowest BCUT2D eigenvalue weighted by Crippen LogP contribution is -2.14. The van der Waals surface area contributed by atoms with E-state index in [-0.39, 0.29) is 12.5 Å². The summed E-state index contributed by atoms with van der Waals surface area (Å²) in [5.41, 5.74) is 1.92. The van der Waals surface area contributed by atoms with Gasteiger partial charge in [0.1, 0.15) is 4.88 Å². The second kappa shape index (κ2) is 8.29. The fraction of sp³-hybridized carbons (Fsp3) is 0.100. The number of thiophene rings is 1. The third-order valence-electron chi connectivity index (χ3n) is 3.62. The number of esters is 1. The molecule has 4 nitrogen and oxygen atoms in total. The minimum absolute atomic E-state index is 0.273. The van der Waals surface area contributed by atoms with Crippen LogP contribution < -0.4 is 5.32 Å². The van der Waals surface area contributed by atoms with Gasteiger partial charge in [0.05, 0.1) is 17.9 Å². The Kier molecular flexibility index (Phi) is 5.85. The number of amides is 1. The summed E-state index contributed by atoms with van der Waals surface area (Å²) < 4.78 is 5.83. The van der Waals surface area contributed by atoms with Gasteiger partial charge in [-0.25, -0.2) is 4.79 Å². The van der Waals surface area contributed by atoms with Gasteiger partial charge in [0.2, 0.25) is 0 Å². The van der Waals surface area contributed by atoms with Crippen molar-refractivity contribution in [2.75, 3.05) is 11.9 Å². The van der Waals surface area contributed by atoms with Gasteiger partial charge in [-0.15, -0.1) is 11.3 Å². The quantitative estimate of drug-likeness (QED) is 0.536. The van der Waals surface area contributed by atoms with Crippen molar-refractivity contribution in [1.29, 1.82) is 0 Å². The maximum absolute atomic E-state index is 12.6. The van der Waals surface area contributed by atoms with Gasteiger partial charge >= 0.3 is 5.97 Å². The Balaban J connectivity index is 1.96. The molecule has 3 aromatic rings. The molecule has 0 saturated heterocycles. The molecule has 0 saturated carbocycles. The van der Waals surface area contributed by atoms with Crippen molar-refractivity contribution in [2.45, 2.75) is 6.92 Å². The first-order valence-electron chi connectivity index (χ1n) is 8.02. The average Bonchev–Trinajstić information content (AvgIpc) is 3.07.